The number of aromatic nitrogens is 1. The Hall–Kier alpha value is -2.11. The van der Waals surface area contributed by atoms with Gasteiger partial charge in [-0.3, -0.25) is 9.59 Å². The number of amides is 2. The van der Waals surface area contributed by atoms with Crippen LogP contribution in [0.5, 0.6) is 0 Å². The van der Waals surface area contributed by atoms with Gasteiger partial charge in [-0.2, -0.15) is 0 Å². The Balaban J connectivity index is 2.29. The SMILES string of the molecule is Cc1ccc(N2CC(C(N)=O)CC2=O)c(N)n1. The highest BCUT2D eigenvalue weighted by atomic mass is 16.2. The Bertz CT molecular complexity index is 486. The van der Waals surface area contributed by atoms with Gasteiger partial charge >= 0.3 is 0 Å². The van der Waals surface area contributed by atoms with Gasteiger partial charge in [0.1, 0.15) is 5.82 Å². The van der Waals surface area contributed by atoms with Crippen LogP contribution in [-0.4, -0.2) is 23.3 Å². The summed E-state index contributed by atoms with van der Waals surface area (Å²) < 4.78 is 0. The molecule has 1 saturated heterocycles. The van der Waals surface area contributed by atoms with Gasteiger partial charge in [0, 0.05) is 18.7 Å². The van der Waals surface area contributed by atoms with Gasteiger partial charge in [-0.1, -0.05) is 0 Å². The maximum absolute atomic E-state index is 11.8. The minimum Gasteiger partial charge on any atom is -0.382 e. The van der Waals surface area contributed by atoms with Crippen molar-refractivity contribution in [2.75, 3.05) is 17.2 Å². The van der Waals surface area contributed by atoms with E-state index in [9.17, 15) is 9.59 Å². The van der Waals surface area contributed by atoms with E-state index in [1.807, 2.05) is 6.92 Å². The number of anilines is 2. The predicted octanol–water partition coefficient (Wildman–Crippen LogP) is -0.190. The Morgan fingerprint density at radius 1 is 1.53 bits per heavy atom. The molecule has 0 radical (unpaired) electrons. The van der Waals surface area contributed by atoms with E-state index in [1.54, 1.807) is 12.1 Å². The fourth-order valence-corrected chi connectivity index (χ4v) is 1.93. The number of carbonyl (C=O) groups excluding carboxylic acids is 2. The van der Waals surface area contributed by atoms with Crippen molar-refractivity contribution in [3.63, 3.8) is 0 Å². The van der Waals surface area contributed by atoms with Crippen LogP contribution in [-0.2, 0) is 9.59 Å². The molecule has 0 saturated carbocycles. The lowest BCUT2D eigenvalue weighted by atomic mass is 10.1. The number of nitrogens with two attached hydrogens (primary N) is 2. The van der Waals surface area contributed by atoms with Crippen molar-refractivity contribution in [2.45, 2.75) is 13.3 Å². The highest BCUT2D eigenvalue weighted by Gasteiger charge is 2.34. The van der Waals surface area contributed by atoms with Crippen molar-refractivity contribution in [3.8, 4) is 0 Å². The third-order valence-corrected chi connectivity index (χ3v) is 2.86. The molecule has 4 N–H and O–H groups in total. The van der Waals surface area contributed by atoms with Crippen molar-refractivity contribution >= 4 is 23.3 Å². The summed E-state index contributed by atoms with van der Waals surface area (Å²) >= 11 is 0. The number of hydrogen-bond acceptors (Lipinski definition) is 4. The molecule has 1 unspecified atom stereocenters. The lowest BCUT2D eigenvalue weighted by molar-refractivity contribution is -0.123. The monoisotopic (exact) mass is 234 g/mol. The number of aryl methyl sites for hydroxylation is 1. The zero-order chi connectivity index (χ0) is 12.6. The van der Waals surface area contributed by atoms with Crippen molar-refractivity contribution in [1.29, 1.82) is 0 Å². The molecule has 6 nitrogen and oxygen atoms in total. The van der Waals surface area contributed by atoms with E-state index >= 15 is 0 Å². The number of carbonyl (C=O) groups is 2. The van der Waals surface area contributed by atoms with E-state index in [0.717, 1.165) is 5.69 Å². The number of rotatable bonds is 2. The van der Waals surface area contributed by atoms with Crippen LogP contribution in [0.2, 0.25) is 0 Å². The quantitative estimate of drug-likeness (QED) is 0.740. The molecular weight excluding hydrogens is 220 g/mol. The largest absolute Gasteiger partial charge is 0.382 e. The minimum absolute atomic E-state index is 0.142. The molecule has 1 aliphatic heterocycles. The molecule has 2 amide bonds. The molecule has 2 rings (SSSR count). The fourth-order valence-electron chi connectivity index (χ4n) is 1.93. The van der Waals surface area contributed by atoms with E-state index in [2.05, 4.69) is 4.98 Å². The fraction of sp³-hybridized carbons (Fsp3) is 0.364. The normalized spacial score (nSPS) is 19.7. The lowest BCUT2D eigenvalue weighted by Crippen LogP contribution is -2.29. The average Bonchev–Trinajstić information content (AvgIpc) is 2.61. The van der Waals surface area contributed by atoms with Crippen molar-refractivity contribution in [3.05, 3.63) is 17.8 Å². The molecule has 0 spiro atoms. The van der Waals surface area contributed by atoms with Crippen molar-refractivity contribution < 1.29 is 9.59 Å². The molecule has 90 valence electrons. The van der Waals surface area contributed by atoms with E-state index in [0.29, 0.717) is 11.5 Å². The second-order valence-corrected chi connectivity index (χ2v) is 4.16. The van der Waals surface area contributed by atoms with Crippen LogP contribution in [0.15, 0.2) is 12.1 Å². The summed E-state index contributed by atoms with van der Waals surface area (Å²) in [5, 5.41) is 0. The number of nitrogens with zero attached hydrogens (tertiary/aromatic N) is 2. The van der Waals surface area contributed by atoms with E-state index in [-0.39, 0.29) is 18.9 Å². The Labute approximate surface area is 98.6 Å². The first-order chi connectivity index (χ1) is 7.99. The minimum atomic E-state index is -0.459. The molecular formula is C11H14N4O2. The highest BCUT2D eigenvalue weighted by molar-refractivity contribution is 6.01. The smallest absolute Gasteiger partial charge is 0.227 e. The molecule has 1 aromatic rings. The molecule has 1 atom stereocenters. The van der Waals surface area contributed by atoms with E-state index in [1.165, 1.54) is 4.90 Å². The predicted molar refractivity (Wildman–Crippen MR) is 63.0 cm³/mol. The third kappa shape index (κ3) is 2.06. The first kappa shape index (κ1) is 11.4. The van der Waals surface area contributed by atoms with Crippen LogP contribution < -0.4 is 16.4 Å². The Kier molecular flexibility index (Phi) is 2.71. The molecule has 1 aromatic heterocycles. The number of nitrogen functional groups attached to an aromatic ring is 1. The zero-order valence-corrected chi connectivity index (χ0v) is 9.51. The Morgan fingerprint density at radius 2 is 2.24 bits per heavy atom. The average molecular weight is 234 g/mol. The molecule has 6 heteroatoms. The van der Waals surface area contributed by atoms with Crippen molar-refractivity contribution in [2.24, 2.45) is 11.7 Å². The van der Waals surface area contributed by atoms with E-state index in [4.69, 9.17) is 11.5 Å². The van der Waals surface area contributed by atoms with Gasteiger partial charge < -0.3 is 16.4 Å². The van der Waals surface area contributed by atoms with Gasteiger partial charge in [0.2, 0.25) is 11.8 Å². The molecule has 1 fully saturated rings. The first-order valence-electron chi connectivity index (χ1n) is 5.32. The zero-order valence-electron chi connectivity index (χ0n) is 9.51. The number of pyridine rings is 1. The second-order valence-electron chi connectivity index (χ2n) is 4.16. The van der Waals surface area contributed by atoms with Gasteiger partial charge in [-0.15, -0.1) is 0 Å². The van der Waals surface area contributed by atoms with Gasteiger partial charge in [0.15, 0.2) is 0 Å². The molecule has 0 aromatic carbocycles. The summed E-state index contributed by atoms with van der Waals surface area (Å²) in [6, 6.07) is 3.51. The summed E-state index contributed by atoms with van der Waals surface area (Å²) in [5.74, 6) is -0.752. The number of hydrogen-bond donors (Lipinski definition) is 2. The summed E-state index contributed by atoms with van der Waals surface area (Å²) in [5.41, 5.74) is 12.3. The van der Waals surface area contributed by atoms with Gasteiger partial charge in [0.05, 0.1) is 11.6 Å². The maximum atomic E-state index is 11.8. The standard InChI is InChI=1S/C11H14N4O2/c1-6-2-3-8(10(12)14-6)15-5-7(11(13)17)4-9(15)16/h2-3,7H,4-5H2,1H3,(H2,12,14)(H2,13,17). The number of primary amides is 1. The van der Waals surface area contributed by atoms with Gasteiger partial charge in [-0.05, 0) is 19.1 Å². The van der Waals surface area contributed by atoms with Crippen LogP contribution >= 0.6 is 0 Å². The summed E-state index contributed by atoms with van der Waals surface area (Å²) in [6.07, 6.45) is 0.142. The Morgan fingerprint density at radius 3 is 2.76 bits per heavy atom. The van der Waals surface area contributed by atoms with Gasteiger partial charge in [-0.25, -0.2) is 4.98 Å². The van der Waals surface area contributed by atoms with Crippen LogP contribution in [0.25, 0.3) is 0 Å². The molecule has 0 aliphatic carbocycles. The highest BCUT2D eigenvalue weighted by Crippen LogP contribution is 2.28. The van der Waals surface area contributed by atoms with E-state index < -0.39 is 11.8 Å². The second kappa shape index (κ2) is 4.04. The summed E-state index contributed by atoms with van der Waals surface area (Å²) in [4.78, 5) is 28.4. The summed E-state index contributed by atoms with van der Waals surface area (Å²) in [6.45, 7) is 2.10. The third-order valence-electron chi connectivity index (χ3n) is 2.86. The molecule has 17 heavy (non-hydrogen) atoms. The van der Waals surface area contributed by atoms with Crippen LogP contribution in [0.3, 0.4) is 0 Å². The topological polar surface area (TPSA) is 102 Å². The molecule has 1 aliphatic rings. The van der Waals surface area contributed by atoms with Gasteiger partial charge in [0.25, 0.3) is 0 Å². The van der Waals surface area contributed by atoms with Crippen molar-refractivity contribution in [1.82, 2.24) is 4.98 Å². The van der Waals surface area contributed by atoms with Crippen LogP contribution in [0, 0.1) is 12.8 Å². The summed E-state index contributed by atoms with van der Waals surface area (Å²) in [7, 11) is 0. The van der Waals surface area contributed by atoms with Crippen LogP contribution in [0.4, 0.5) is 11.5 Å². The maximum Gasteiger partial charge on any atom is 0.227 e. The lowest BCUT2D eigenvalue weighted by Gasteiger charge is -2.17. The van der Waals surface area contributed by atoms with Crippen LogP contribution in [0.1, 0.15) is 12.1 Å². The molecule has 2 heterocycles. The molecule has 0 bridgehead atoms. The first-order valence-corrected chi connectivity index (χ1v) is 5.32.